The summed E-state index contributed by atoms with van der Waals surface area (Å²) in [6, 6.07) is 7.27. The maximum Gasteiger partial charge on any atom is 0.270 e. The summed E-state index contributed by atoms with van der Waals surface area (Å²) in [6.07, 6.45) is 1.32. The normalized spacial score (nSPS) is 15.9. The van der Waals surface area contributed by atoms with Gasteiger partial charge in [0.2, 0.25) is 5.91 Å². The van der Waals surface area contributed by atoms with Crippen LogP contribution in [-0.2, 0) is 14.3 Å². The summed E-state index contributed by atoms with van der Waals surface area (Å²) in [5.74, 6) is -0.621. The van der Waals surface area contributed by atoms with Crippen LogP contribution < -0.4 is 5.43 Å². The molecule has 1 aromatic carbocycles. The number of rotatable bonds is 6. The number of carbonyl (C=O) groups excluding carboxylic acids is 1. The summed E-state index contributed by atoms with van der Waals surface area (Å²) < 4.78 is 16.3. The first kappa shape index (κ1) is 19.0. The molecule has 9 nitrogen and oxygen atoms in total. The predicted molar refractivity (Wildman–Crippen MR) is 96.5 cm³/mol. The molecule has 1 aliphatic heterocycles. The van der Waals surface area contributed by atoms with E-state index >= 15 is 0 Å². The molecule has 27 heavy (non-hydrogen) atoms. The van der Waals surface area contributed by atoms with Crippen LogP contribution in [0.5, 0.6) is 0 Å². The number of nitrogens with zero attached hydrogens (tertiary/aromatic N) is 2. The van der Waals surface area contributed by atoms with Gasteiger partial charge in [-0.05, 0) is 25.1 Å². The van der Waals surface area contributed by atoms with E-state index in [1.807, 2.05) is 0 Å². The van der Waals surface area contributed by atoms with Gasteiger partial charge in [0.05, 0.1) is 35.8 Å². The molecule has 0 radical (unpaired) electrons. The third-order valence-electron chi connectivity index (χ3n) is 3.81. The highest BCUT2D eigenvalue weighted by atomic mass is 35.5. The van der Waals surface area contributed by atoms with Crippen molar-refractivity contribution in [1.82, 2.24) is 5.43 Å². The Morgan fingerprint density at radius 2 is 2.11 bits per heavy atom. The van der Waals surface area contributed by atoms with Crippen LogP contribution in [0.3, 0.4) is 0 Å². The van der Waals surface area contributed by atoms with Crippen LogP contribution in [0.2, 0.25) is 5.02 Å². The molecule has 0 atom stereocenters. The SMILES string of the molecule is CC1(CC(=O)N/N=C/c2ccc(-c3cc([N+](=O)[O-])ccc3Cl)o2)OCCO1. The molecule has 0 bridgehead atoms. The second-order valence-corrected chi connectivity index (χ2v) is 6.33. The van der Waals surface area contributed by atoms with Crippen molar-refractivity contribution in [2.75, 3.05) is 13.2 Å². The maximum absolute atomic E-state index is 11.9. The molecule has 2 aromatic rings. The number of nitro groups is 1. The molecule has 2 heterocycles. The highest BCUT2D eigenvalue weighted by Crippen LogP contribution is 2.32. The molecule has 1 N–H and O–H groups in total. The lowest BCUT2D eigenvalue weighted by Gasteiger charge is -2.20. The molecule has 10 heteroatoms. The van der Waals surface area contributed by atoms with Crippen LogP contribution >= 0.6 is 11.6 Å². The summed E-state index contributed by atoms with van der Waals surface area (Å²) in [4.78, 5) is 22.3. The molecule has 1 aliphatic rings. The Balaban J connectivity index is 1.64. The van der Waals surface area contributed by atoms with Gasteiger partial charge in [0.15, 0.2) is 5.79 Å². The Bertz CT molecular complexity index is 889. The van der Waals surface area contributed by atoms with Gasteiger partial charge in [-0.3, -0.25) is 14.9 Å². The van der Waals surface area contributed by atoms with Crippen molar-refractivity contribution in [3.05, 3.63) is 51.2 Å². The van der Waals surface area contributed by atoms with Gasteiger partial charge in [-0.25, -0.2) is 5.43 Å². The Morgan fingerprint density at radius 3 is 2.81 bits per heavy atom. The topological polar surface area (TPSA) is 116 Å². The number of non-ortho nitro benzene ring substituents is 1. The summed E-state index contributed by atoms with van der Waals surface area (Å²) >= 11 is 6.09. The van der Waals surface area contributed by atoms with Gasteiger partial charge < -0.3 is 13.9 Å². The lowest BCUT2D eigenvalue weighted by Crippen LogP contribution is -2.33. The molecular formula is C17H16ClN3O6. The Hall–Kier alpha value is -2.75. The van der Waals surface area contributed by atoms with E-state index in [1.165, 1.54) is 24.4 Å². The van der Waals surface area contributed by atoms with Crippen LogP contribution in [0.15, 0.2) is 39.9 Å². The minimum absolute atomic E-state index is 0.0109. The molecule has 1 fully saturated rings. The molecule has 0 saturated carbocycles. The number of nitrogens with one attached hydrogen (secondary N) is 1. The van der Waals surface area contributed by atoms with E-state index in [2.05, 4.69) is 10.5 Å². The average Bonchev–Trinajstić information content (AvgIpc) is 3.24. The molecule has 1 aromatic heterocycles. The average molecular weight is 394 g/mol. The molecule has 3 rings (SSSR count). The van der Waals surface area contributed by atoms with Crippen LogP contribution in [0, 0.1) is 10.1 Å². The Kier molecular flexibility index (Phi) is 5.54. The first-order valence-electron chi connectivity index (χ1n) is 8.00. The zero-order chi connectivity index (χ0) is 19.4. The van der Waals surface area contributed by atoms with E-state index in [1.54, 1.807) is 19.1 Å². The number of amides is 1. The molecule has 142 valence electrons. The second kappa shape index (κ2) is 7.87. The summed E-state index contributed by atoms with van der Waals surface area (Å²) in [7, 11) is 0. The van der Waals surface area contributed by atoms with Crippen molar-refractivity contribution >= 4 is 29.4 Å². The van der Waals surface area contributed by atoms with Gasteiger partial charge in [-0.15, -0.1) is 0 Å². The lowest BCUT2D eigenvalue weighted by atomic mass is 10.1. The van der Waals surface area contributed by atoms with Crippen LogP contribution in [0.25, 0.3) is 11.3 Å². The van der Waals surface area contributed by atoms with Crippen molar-refractivity contribution in [2.24, 2.45) is 5.10 Å². The predicted octanol–water partition coefficient (Wildman–Crippen LogP) is 3.11. The van der Waals surface area contributed by atoms with E-state index in [4.69, 9.17) is 25.5 Å². The Labute approximate surface area is 159 Å². The molecular weight excluding hydrogens is 378 g/mol. The number of nitro benzene ring substituents is 1. The van der Waals surface area contributed by atoms with Gasteiger partial charge in [-0.2, -0.15) is 5.10 Å². The van der Waals surface area contributed by atoms with Gasteiger partial charge in [0, 0.05) is 17.7 Å². The summed E-state index contributed by atoms with van der Waals surface area (Å²) in [6.45, 7) is 2.58. The summed E-state index contributed by atoms with van der Waals surface area (Å²) in [5, 5.41) is 15.0. The van der Waals surface area contributed by atoms with Crippen molar-refractivity contribution in [2.45, 2.75) is 19.1 Å². The van der Waals surface area contributed by atoms with Gasteiger partial charge in [0.25, 0.3) is 5.69 Å². The van der Waals surface area contributed by atoms with E-state index in [9.17, 15) is 14.9 Å². The number of furan rings is 1. The zero-order valence-corrected chi connectivity index (χ0v) is 15.1. The number of ether oxygens (including phenoxy) is 2. The van der Waals surface area contributed by atoms with E-state index in [0.717, 1.165) is 0 Å². The first-order valence-corrected chi connectivity index (χ1v) is 8.38. The molecule has 0 aliphatic carbocycles. The van der Waals surface area contributed by atoms with E-state index < -0.39 is 10.7 Å². The van der Waals surface area contributed by atoms with E-state index in [-0.39, 0.29) is 18.0 Å². The highest BCUT2D eigenvalue weighted by molar-refractivity contribution is 6.33. The zero-order valence-electron chi connectivity index (χ0n) is 14.3. The third kappa shape index (κ3) is 4.70. The van der Waals surface area contributed by atoms with Gasteiger partial charge in [-0.1, -0.05) is 11.6 Å². The fourth-order valence-electron chi connectivity index (χ4n) is 2.54. The van der Waals surface area contributed by atoms with Crippen molar-refractivity contribution in [1.29, 1.82) is 0 Å². The molecule has 0 spiro atoms. The maximum atomic E-state index is 11.9. The summed E-state index contributed by atoms with van der Waals surface area (Å²) in [5.41, 5.74) is 2.65. The second-order valence-electron chi connectivity index (χ2n) is 5.92. The number of benzene rings is 1. The molecule has 0 unspecified atom stereocenters. The number of hydrogen-bond acceptors (Lipinski definition) is 7. The lowest BCUT2D eigenvalue weighted by molar-refractivity contribution is -0.384. The standard InChI is InChI=1S/C17H16ClN3O6/c1-17(25-6-7-26-17)9-16(22)20-19-10-12-3-5-15(27-12)13-8-11(21(23)24)2-4-14(13)18/h2-5,8,10H,6-7,9H2,1H3,(H,20,22)/b19-10+. The van der Waals surface area contributed by atoms with Crippen LogP contribution in [0.4, 0.5) is 5.69 Å². The Morgan fingerprint density at radius 1 is 1.37 bits per heavy atom. The third-order valence-corrected chi connectivity index (χ3v) is 4.14. The van der Waals surface area contributed by atoms with Gasteiger partial charge in [0.1, 0.15) is 11.5 Å². The number of halogens is 1. The minimum Gasteiger partial charge on any atom is -0.455 e. The van der Waals surface area contributed by atoms with Crippen LogP contribution in [0.1, 0.15) is 19.1 Å². The largest absolute Gasteiger partial charge is 0.455 e. The quantitative estimate of drug-likeness (QED) is 0.458. The monoisotopic (exact) mass is 393 g/mol. The van der Waals surface area contributed by atoms with Crippen molar-refractivity contribution < 1.29 is 23.6 Å². The highest BCUT2D eigenvalue weighted by Gasteiger charge is 2.33. The number of hydrogen-bond donors (Lipinski definition) is 1. The fourth-order valence-corrected chi connectivity index (χ4v) is 2.75. The smallest absolute Gasteiger partial charge is 0.270 e. The van der Waals surface area contributed by atoms with Crippen LogP contribution in [-0.4, -0.2) is 36.0 Å². The van der Waals surface area contributed by atoms with Crippen molar-refractivity contribution in [3.8, 4) is 11.3 Å². The van der Waals surface area contributed by atoms with E-state index in [0.29, 0.717) is 35.3 Å². The number of carbonyl (C=O) groups is 1. The minimum atomic E-state index is -0.934. The fraction of sp³-hybridized carbons (Fsp3) is 0.294. The molecule has 1 amide bonds. The van der Waals surface area contributed by atoms with Crippen molar-refractivity contribution in [3.63, 3.8) is 0 Å². The first-order chi connectivity index (χ1) is 12.9. The molecule has 1 saturated heterocycles. The van der Waals surface area contributed by atoms with Gasteiger partial charge >= 0.3 is 0 Å². The number of hydrazone groups is 1.